The fourth-order valence-corrected chi connectivity index (χ4v) is 1.42. The Balaban J connectivity index is 2.62. The first-order chi connectivity index (χ1) is 6.75. The molecule has 4 heteroatoms. The molecule has 0 saturated heterocycles. The molecule has 0 aromatic heterocycles. The highest BCUT2D eigenvalue weighted by Gasteiger charge is 2.04. The fraction of sp³-hybridized carbons (Fsp3) is 0.200. The van der Waals surface area contributed by atoms with Gasteiger partial charge in [0.2, 0.25) is 0 Å². The van der Waals surface area contributed by atoms with Gasteiger partial charge in [0.15, 0.2) is 0 Å². The molecule has 0 fully saturated rings. The zero-order valence-corrected chi connectivity index (χ0v) is 8.92. The van der Waals surface area contributed by atoms with Crippen molar-refractivity contribution < 1.29 is 9.84 Å². The normalized spacial score (nSPS) is 10.8. The van der Waals surface area contributed by atoms with Gasteiger partial charge in [0.25, 0.3) is 0 Å². The minimum Gasteiger partial charge on any atom is -0.497 e. The van der Waals surface area contributed by atoms with Gasteiger partial charge in [-0.05, 0) is 18.2 Å². The molecule has 0 aliphatic carbocycles. The van der Waals surface area contributed by atoms with Gasteiger partial charge in [0, 0.05) is 15.6 Å². The Labute approximate surface area is 92.7 Å². The Hall–Kier alpha value is -0.700. The summed E-state index contributed by atoms with van der Waals surface area (Å²) in [6.45, 7) is 0.255. The van der Waals surface area contributed by atoms with Gasteiger partial charge in [0.1, 0.15) is 6.61 Å². The van der Waals surface area contributed by atoms with E-state index in [4.69, 9.17) is 33.0 Å². The van der Waals surface area contributed by atoms with Gasteiger partial charge in [-0.2, -0.15) is 0 Å². The van der Waals surface area contributed by atoms with Crippen LogP contribution in [0.15, 0.2) is 30.5 Å². The third-order valence-corrected chi connectivity index (χ3v) is 2.30. The quantitative estimate of drug-likeness (QED) is 0.810. The van der Waals surface area contributed by atoms with Crippen molar-refractivity contribution in [3.8, 4) is 0 Å². The van der Waals surface area contributed by atoms with Gasteiger partial charge in [-0.15, -0.1) is 0 Å². The van der Waals surface area contributed by atoms with Gasteiger partial charge >= 0.3 is 0 Å². The zero-order chi connectivity index (χ0) is 10.4. The van der Waals surface area contributed by atoms with Crippen LogP contribution in [0.1, 0.15) is 5.56 Å². The fourth-order valence-electron chi connectivity index (χ4n) is 0.913. The Morgan fingerprint density at radius 2 is 1.93 bits per heavy atom. The molecule has 1 aromatic carbocycles. The van der Waals surface area contributed by atoms with Crippen LogP contribution in [0.3, 0.4) is 0 Å². The smallest absolute Gasteiger partial charge is 0.115 e. The van der Waals surface area contributed by atoms with Crippen molar-refractivity contribution in [1.29, 1.82) is 0 Å². The van der Waals surface area contributed by atoms with E-state index in [-0.39, 0.29) is 6.61 Å². The Morgan fingerprint density at radius 3 is 2.50 bits per heavy atom. The molecule has 0 unspecified atom stereocenters. The maximum atomic E-state index is 8.45. The van der Waals surface area contributed by atoms with Crippen LogP contribution in [0.4, 0.5) is 0 Å². The molecule has 1 rings (SSSR count). The van der Waals surface area contributed by atoms with Crippen molar-refractivity contribution in [2.45, 2.75) is 6.61 Å². The van der Waals surface area contributed by atoms with Gasteiger partial charge in [-0.1, -0.05) is 29.3 Å². The Bertz CT molecular complexity index is 304. The molecule has 14 heavy (non-hydrogen) atoms. The van der Waals surface area contributed by atoms with E-state index in [1.54, 1.807) is 18.2 Å². The second-order valence-electron chi connectivity index (χ2n) is 2.57. The molecule has 1 aromatic rings. The number of aliphatic hydroxyl groups excluding tert-OH is 1. The van der Waals surface area contributed by atoms with Crippen LogP contribution in [0.5, 0.6) is 0 Å². The van der Waals surface area contributed by atoms with Crippen molar-refractivity contribution in [3.05, 3.63) is 46.1 Å². The molecule has 0 spiro atoms. The topological polar surface area (TPSA) is 29.5 Å². The van der Waals surface area contributed by atoms with E-state index in [0.717, 1.165) is 5.56 Å². The van der Waals surface area contributed by atoms with Crippen LogP contribution in [0.2, 0.25) is 10.0 Å². The maximum Gasteiger partial charge on any atom is 0.115 e. The molecular formula is C10H10Cl2O2. The molecule has 1 N–H and O–H groups in total. The minimum atomic E-state index is -0.0454. The number of rotatable bonds is 4. The first-order valence-electron chi connectivity index (χ1n) is 4.06. The highest BCUT2D eigenvalue weighted by atomic mass is 35.5. The van der Waals surface area contributed by atoms with Crippen LogP contribution < -0.4 is 0 Å². The van der Waals surface area contributed by atoms with E-state index in [1.807, 2.05) is 0 Å². The molecule has 76 valence electrons. The molecule has 0 bridgehead atoms. The third-order valence-electron chi connectivity index (χ3n) is 1.59. The number of hydrogen-bond acceptors (Lipinski definition) is 2. The molecule has 0 atom stereocenters. The van der Waals surface area contributed by atoms with Crippen molar-refractivity contribution in [2.24, 2.45) is 0 Å². The maximum absolute atomic E-state index is 8.45. The predicted octanol–water partition coefficient (Wildman–Crippen LogP) is 3.02. The lowest BCUT2D eigenvalue weighted by Gasteiger charge is -2.05. The largest absolute Gasteiger partial charge is 0.497 e. The summed E-state index contributed by atoms with van der Waals surface area (Å²) in [7, 11) is 0. The standard InChI is InChI=1S/C10H10Cl2O2/c11-9-3-1-4-10(12)8(9)7-14-6-2-5-13/h1-4,6,13H,5,7H2/b6-2+. The van der Waals surface area contributed by atoms with Crippen LogP contribution in [0, 0.1) is 0 Å². The second-order valence-corrected chi connectivity index (χ2v) is 3.38. The number of hydrogen-bond donors (Lipinski definition) is 1. The zero-order valence-electron chi connectivity index (χ0n) is 7.41. The molecule has 0 amide bonds. The summed E-state index contributed by atoms with van der Waals surface area (Å²) in [6.07, 6.45) is 2.91. The van der Waals surface area contributed by atoms with E-state index in [9.17, 15) is 0 Å². The minimum absolute atomic E-state index is 0.0454. The van der Waals surface area contributed by atoms with Crippen molar-refractivity contribution in [3.63, 3.8) is 0 Å². The Morgan fingerprint density at radius 1 is 1.29 bits per heavy atom. The number of aliphatic hydroxyl groups is 1. The molecule has 2 nitrogen and oxygen atoms in total. The van der Waals surface area contributed by atoms with Crippen LogP contribution in [-0.4, -0.2) is 11.7 Å². The van der Waals surface area contributed by atoms with E-state index in [0.29, 0.717) is 16.7 Å². The summed E-state index contributed by atoms with van der Waals surface area (Å²) in [5, 5.41) is 9.61. The van der Waals surface area contributed by atoms with Crippen LogP contribution in [-0.2, 0) is 11.3 Å². The number of halogens is 2. The third kappa shape index (κ3) is 3.22. The monoisotopic (exact) mass is 232 g/mol. The highest BCUT2D eigenvalue weighted by molar-refractivity contribution is 6.35. The molecular weight excluding hydrogens is 223 g/mol. The summed E-state index contributed by atoms with van der Waals surface area (Å²) in [5.41, 5.74) is 0.749. The predicted molar refractivity (Wildman–Crippen MR) is 57.5 cm³/mol. The summed E-state index contributed by atoms with van der Waals surface area (Å²) in [4.78, 5) is 0. The number of ether oxygens (including phenoxy) is 1. The van der Waals surface area contributed by atoms with Gasteiger partial charge in [-0.3, -0.25) is 0 Å². The van der Waals surface area contributed by atoms with E-state index in [2.05, 4.69) is 0 Å². The molecule has 0 radical (unpaired) electrons. The van der Waals surface area contributed by atoms with Gasteiger partial charge in [0.05, 0.1) is 12.9 Å². The second kappa shape index (κ2) is 5.91. The SMILES string of the molecule is OC/C=C/OCc1c(Cl)cccc1Cl. The first-order valence-corrected chi connectivity index (χ1v) is 4.81. The lowest BCUT2D eigenvalue weighted by Crippen LogP contribution is -1.89. The molecule has 0 aliphatic heterocycles. The molecule has 0 saturated carbocycles. The first kappa shape index (κ1) is 11.4. The van der Waals surface area contributed by atoms with Crippen molar-refractivity contribution in [1.82, 2.24) is 0 Å². The summed E-state index contributed by atoms with van der Waals surface area (Å²) >= 11 is 11.8. The summed E-state index contributed by atoms with van der Waals surface area (Å²) < 4.78 is 5.11. The van der Waals surface area contributed by atoms with Crippen molar-refractivity contribution in [2.75, 3.05) is 6.61 Å². The van der Waals surface area contributed by atoms with Crippen LogP contribution in [0.25, 0.3) is 0 Å². The van der Waals surface area contributed by atoms with Crippen LogP contribution >= 0.6 is 23.2 Å². The van der Waals surface area contributed by atoms with Gasteiger partial charge in [-0.25, -0.2) is 0 Å². The highest BCUT2D eigenvalue weighted by Crippen LogP contribution is 2.24. The lowest BCUT2D eigenvalue weighted by atomic mass is 10.2. The lowest BCUT2D eigenvalue weighted by molar-refractivity contribution is 0.231. The molecule has 0 aliphatic rings. The average Bonchev–Trinajstić information content (AvgIpc) is 2.16. The van der Waals surface area contributed by atoms with Crippen molar-refractivity contribution >= 4 is 23.2 Å². The number of benzene rings is 1. The summed E-state index contributed by atoms with van der Waals surface area (Å²) in [5.74, 6) is 0. The van der Waals surface area contributed by atoms with E-state index in [1.165, 1.54) is 12.3 Å². The molecule has 0 heterocycles. The Kier molecular flexibility index (Phi) is 4.80. The van der Waals surface area contributed by atoms with E-state index >= 15 is 0 Å². The summed E-state index contributed by atoms with van der Waals surface area (Å²) in [6, 6.07) is 5.28. The average molecular weight is 233 g/mol. The van der Waals surface area contributed by atoms with Gasteiger partial charge < -0.3 is 9.84 Å². The van der Waals surface area contributed by atoms with E-state index < -0.39 is 0 Å².